The molecular weight excluding hydrogens is 274 g/mol. The monoisotopic (exact) mass is 297 g/mol. The Balaban J connectivity index is 1.95. The van der Waals surface area contributed by atoms with Gasteiger partial charge in [-0.3, -0.25) is 0 Å². The van der Waals surface area contributed by atoms with Gasteiger partial charge >= 0.3 is 0 Å². The molecule has 5 nitrogen and oxygen atoms in total. The van der Waals surface area contributed by atoms with E-state index in [1.165, 1.54) is 12.8 Å². The van der Waals surface area contributed by atoms with Crippen molar-refractivity contribution in [3.63, 3.8) is 0 Å². The van der Waals surface area contributed by atoms with E-state index in [9.17, 15) is 8.42 Å². The summed E-state index contributed by atoms with van der Waals surface area (Å²) in [5.74, 6) is 1.27. The molecule has 0 radical (unpaired) electrons. The van der Waals surface area contributed by atoms with Crippen molar-refractivity contribution in [1.29, 1.82) is 0 Å². The van der Waals surface area contributed by atoms with Crippen LogP contribution in [0, 0.1) is 5.92 Å². The zero-order valence-corrected chi connectivity index (χ0v) is 12.7. The van der Waals surface area contributed by atoms with E-state index < -0.39 is 10.0 Å². The molecule has 1 aliphatic carbocycles. The maximum absolute atomic E-state index is 12.3. The fourth-order valence-electron chi connectivity index (χ4n) is 2.07. The Morgan fingerprint density at radius 3 is 2.85 bits per heavy atom. The average molecular weight is 297 g/mol. The first kappa shape index (κ1) is 15.3. The Hall–Kier alpha value is -1.14. The smallest absolute Gasteiger partial charge is 0.244 e. The number of rotatable bonds is 9. The van der Waals surface area contributed by atoms with E-state index in [1.807, 2.05) is 6.92 Å². The minimum atomic E-state index is -3.47. The van der Waals surface area contributed by atoms with Gasteiger partial charge in [0.05, 0.1) is 0 Å². The van der Waals surface area contributed by atoms with Crippen LogP contribution in [0.15, 0.2) is 23.2 Å². The molecule has 0 bridgehead atoms. The summed E-state index contributed by atoms with van der Waals surface area (Å²) in [4.78, 5) is 4.35. The van der Waals surface area contributed by atoms with Crippen LogP contribution in [-0.4, -0.2) is 26.5 Å². The van der Waals surface area contributed by atoms with Crippen LogP contribution in [0.25, 0.3) is 0 Å². The number of anilines is 1. The summed E-state index contributed by atoms with van der Waals surface area (Å²) in [5.41, 5.74) is 0. The minimum Gasteiger partial charge on any atom is -0.369 e. The van der Waals surface area contributed by atoms with Crippen LogP contribution in [0.3, 0.4) is 0 Å². The van der Waals surface area contributed by atoms with Gasteiger partial charge in [-0.25, -0.2) is 18.1 Å². The van der Waals surface area contributed by atoms with E-state index in [-0.39, 0.29) is 4.90 Å². The van der Waals surface area contributed by atoms with Crippen molar-refractivity contribution in [2.24, 2.45) is 5.92 Å². The Bertz CT molecular complexity index is 527. The highest BCUT2D eigenvalue weighted by molar-refractivity contribution is 7.89. The molecule has 2 rings (SSSR count). The molecule has 1 aliphatic rings. The Morgan fingerprint density at radius 2 is 2.15 bits per heavy atom. The molecule has 1 aromatic heterocycles. The van der Waals surface area contributed by atoms with Gasteiger partial charge in [0.15, 0.2) is 0 Å². The summed E-state index contributed by atoms with van der Waals surface area (Å²) < 4.78 is 27.2. The standard InChI is InChI=1S/C14H23N3O2S/c1-2-9-15-14-13(6-4-10-16-14)20(18,19)17-11-3-5-12-7-8-12/h4,6,10,12,17H,2-3,5,7-9,11H2,1H3,(H,15,16). The van der Waals surface area contributed by atoms with Crippen molar-refractivity contribution >= 4 is 15.8 Å². The molecule has 0 unspecified atom stereocenters. The van der Waals surface area contributed by atoms with Gasteiger partial charge in [0.2, 0.25) is 10.0 Å². The van der Waals surface area contributed by atoms with Gasteiger partial charge in [0.1, 0.15) is 10.7 Å². The fourth-order valence-corrected chi connectivity index (χ4v) is 3.27. The maximum Gasteiger partial charge on any atom is 0.244 e. The number of hydrogen-bond acceptors (Lipinski definition) is 4. The number of nitrogens with zero attached hydrogens (tertiary/aromatic N) is 1. The molecule has 0 saturated heterocycles. The third-order valence-electron chi connectivity index (χ3n) is 3.38. The second-order valence-electron chi connectivity index (χ2n) is 5.26. The highest BCUT2D eigenvalue weighted by Gasteiger charge is 2.22. The predicted molar refractivity (Wildman–Crippen MR) is 80.2 cm³/mol. The molecule has 0 aliphatic heterocycles. The molecule has 6 heteroatoms. The molecule has 1 aromatic rings. The van der Waals surface area contributed by atoms with Crippen molar-refractivity contribution in [3.05, 3.63) is 18.3 Å². The maximum atomic E-state index is 12.3. The molecule has 0 amide bonds. The molecule has 112 valence electrons. The second kappa shape index (κ2) is 7.04. The van der Waals surface area contributed by atoms with Crippen molar-refractivity contribution in [3.8, 4) is 0 Å². The summed E-state index contributed by atoms with van der Waals surface area (Å²) in [6.07, 6.45) is 7.16. The summed E-state index contributed by atoms with van der Waals surface area (Å²) in [7, 11) is -3.47. The Labute approximate surface area is 121 Å². The number of pyridine rings is 1. The zero-order chi connectivity index (χ0) is 14.4. The van der Waals surface area contributed by atoms with Crippen molar-refractivity contribution in [1.82, 2.24) is 9.71 Å². The number of aromatic nitrogens is 1. The van der Waals surface area contributed by atoms with E-state index in [0.29, 0.717) is 18.9 Å². The highest BCUT2D eigenvalue weighted by atomic mass is 32.2. The second-order valence-corrected chi connectivity index (χ2v) is 7.00. The quantitative estimate of drug-likeness (QED) is 0.687. The molecule has 1 fully saturated rings. The van der Waals surface area contributed by atoms with Gasteiger partial charge in [-0.1, -0.05) is 19.8 Å². The average Bonchev–Trinajstić information content (AvgIpc) is 3.26. The minimum absolute atomic E-state index is 0.236. The number of hydrogen-bond donors (Lipinski definition) is 2. The molecule has 0 atom stereocenters. The van der Waals surface area contributed by atoms with Crippen LogP contribution in [0.4, 0.5) is 5.82 Å². The molecule has 1 saturated carbocycles. The third-order valence-corrected chi connectivity index (χ3v) is 4.87. The fraction of sp³-hybridized carbons (Fsp3) is 0.643. The lowest BCUT2D eigenvalue weighted by molar-refractivity contribution is 0.572. The molecule has 0 aromatic carbocycles. The summed E-state index contributed by atoms with van der Waals surface area (Å²) in [6.45, 7) is 3.24. The summed E-state index contributed by atoms with van der Waals surface area (Å²) in [5, 5.41) is 3.06. The lowest BCUT2D eigenvalue weighted by Gasteiger charge is -2.11. The van der Waals surface area contributed by atoms with E-state index >= 15 is 0 Å². The largest absolute Gasteiger partial charge is 0.369 e. The van der Waals surface area contributed by atoms with Crippen molar-refractivity contribution < 1.29 is 8.42 Å². The van der Waals surface area contributed by atoms with E-state index in [0.717, 1.165) is 25.2 Å². The van der Waals surface area contributed by atoms with Crippen molar-refractivity contribution in [2.75, 3.05) is 18.4 Å². The van der Waals surface area contributed by atoms with Gasteiger partial charge in [-0.2, -0.15) is 0 Å². The molecule has 1 heterocycles. The summed E-state index contributed by atoms with van der Waals surface area (Å²) >= 11 is 0. The Morgan fingerprint density at radius 1 is 1.35 bits per heavy atom. The van der Waals surface area contributed by atoms with Crippen LogP contribution in [-0.2, 0) is 10.0 Å². The first-order valence-electron chi connectivity index (χ1n) is 7.32. The van der Waals surface area contributed by atoms with Crippen LogP contribution < -0.4 is 10.0 Å². The van der Waals surface area contributed by atoms with E-state index in [2.05, 4.69) is 15.0 Å². The third kappa shape index (κ3) is 4.45. The summed E-state index contributed by atoms with van der Waals surface area (Å²) in [6, 6.07) is 3.24. The van der Waals surface area contributed by atoms with Crippen LogP contribution in [0.2, 0.25) is 0 Å². The number of nitrogens with one attached hydrogen (secondary N) is 2. The van der Waals surface area contributed by atoms with Gasteiger partial charge in [0.25, 0.3) is 0 Å². The number of sulfonamides is 1. The van der Waals surface area contributed by atoms with E-state index in [1.54, 1.807) is 18.3 Å². The Kier molecular flexibility index (Phi) is 5.37. The first-order chi connectivity index (χ1) is 9.63. The lowest BCUT2D eigenvalue weighted by atomic mass is 10.2. The molecule has 0 spiro atoms. The van der Waals surface area contributed by atoms with Crippen molar-refractivity contribution in [2.45, 2.75) is 43.9 Å². The van der Waals surface area contributed by atoms with Gasteiger partial charge in [0, 0.05) is 19.3 Å². The zero-order valence-electron chi connectivity index (χ0n) is 11.9. The highest BCUT2D eigenvalue weighted by Crippen LogP contribution is 2.33. The van der Waals surface area contributed by atoms with Crippen LogP contribution >= 0.6 is 0 Å². The molecule has 2 N–H and O–H groups in total. The normalized spacial score (nSPS) is 15.2. The van der Waals surface area contributed by atoms with Crippen LogP contribution in [0.5, 0.6) is 0 Å². The predicted octanol–water partition coefficient (Wildman–Crippen LogP) is 2.37. The van der Waals surface area contributed by atoms with E-state index in [4.69, 9.17) is 0 Å². The topological polar surface area (TPSA) is 71.1 Å². The first-order valence-corrected chi connectivity index (χ1v) is 8.80. The lowest BCUT2D eigenvalue weighted by Crippen LogP contribution is -2.26. The van der Waals surface area contributed by atoms with Gasteiger partial charge < -0.3 is 5.32 Å². The van der Waals surface area contributed by atoms with Gasteiger partial charge in [-0.05, 0) is 37.3 Å². The molecule has 20 heavy (non-hydrogen) atoms. The van der Waals surface area contributed by atoms with Gasteiger partial charge in [-0.15, -0.1) is 0 Å². The SMILES string of the molecule is CCCNc1ncccc1S(=O)(=O)NCCCC1CC1. The molecular formula is C14H23N3O2S. The van der Waals surface area contributed by atoms with Crippen LogP contribution in [0.1, 0.15) is 39.0 Å².